The molecule has 2 N–H and O–H groups in total. The van der Waals surface area contributed by atoms with Crippen molar-refractivity contribution < 1.29 is 17.7 Å². The molecule has 1 saturated heterocycles. The molecule has 8 heteroatoms. The van der Waals surface area contributed by atoms with Crippen LogP contribution in [0, 0.1) is 11.7 Å². The zero-order valence-electron chi connectivity index (χ0n) is 17.4. The number of anilines is 1. The SMILES string of the molecule is CC1CC[NH+](CCc2nc3cc(NS(=O)(=O)c4ccc(F)cc4)ccc3n2C)CC1. The lowest BCUT2D eigenvalue weighted by atomic mass is 9.99. The van der Waals surface area contributed by atoms with E-state index in [1.165, 1.54) is 38.1 Å². The maximum absolute atomic E-state index is 13.1. The molecule has 3 aromatic rings. The van der Waals surface area contributed by atoms with E-state index in [-0.39, 0.29) is 4.90 Å². The number of fused-ring (bicyclic) bond motifs is 1. The van der Waals surface area contributed by atoms with Crippen molar-refractivity contribution in [3.8, 4) is 0 Å². The van der Waals surface area contributed by atoms with Crippen molar-refractivity contribution in [2.24, 2.45) is 13.0 Å². The fraction of sp³-hybridized carbons (Fsp3) is 0.409. The molecule has 30 heavy (non-hydrogen) atoms. The number of aryl methyl sites for hydroxylation is 1. The zero-order chi connectivity index (χ0) is 21.3. The summed E-state index contributed by atoms with van der Waals surface area (Å²) >= 11 is 0. The zero-order valence-corrected chi connectivity index (χ0v) is 18.2. The Bertz CT molecular complexity index is 1130. The second kappa shape index (κ2) is 8.35. The van der Waals surface area contributed by atoms with Crippen LogP contribution in [0.3, 0.4) is 0 Å². The highest BCUT2D eigenvalue weighted by Crippen LogP contribution is 2.22. The first-order chi connectivity index (χ1) is 14.3. The predicted octanol–water partition coefficient (Wildman–Crippen LogP) is 2.37. The normalized spacial score (nSPS) is 19.8. The van der Waals surface area contributed by atoms with Gasteiger partial charge in [0, 0.05) is 7.05 Å². The number of nitrogens with one attached hydrogen (secondary N) is 2. The number of sulfonamides is 1. The molecule has 1 aliphatic heterocycles. The molecule has 0 atom stereocenters. The summed E-state index contributed by atoms with van der Waals surface area (Å²) in [6.45, 7) is 5.83. The second-order valence-electron chi connectivity index (χ2n) is 8.28. The summed E-state index contributed by atoms with van der Waals surface area (Å²) in [5.74, 6) is 1.37. The Balaban J connectivity index is 1.49. The van der Waals surface area contributed by atoms with Gasteiger partial charge in [0.2, 0.25) is 0 Å². The molecular formula is C22H28FN4O2S+. The van der Waals surface area contributed by atoms with Gasteiger partial charge in [0.15, 0.2) is 0 Å². The first-order valence-corrected chi connectivity index (χ1v) is 11.9. The lowest BCUT2D eigenvalue weighted by molar-refractivity contribution is -0.906. The second-order valence-corrected chi connectivity index (χ2v) is 9.96. The van der Waals surface area contributed by atoms with Gasteiger partial charge in [-0.15, -0.1) is 0 Å². The summed E-state index contributed by atoms with van der Waals surface area (Å²) in [5.41, 5.74) is 2.16. The number of hydrogen-bond donors (Lipinski definition) is 2. The fourth-order valence-corrected chi connectivity index (χ4v) is 5.12. The Hall–Kier alpha value is -2.45. The largest absolute Gasteiger partial charge is 0.335 e. The van der Waals surface area contributed by atoms with E-state index in [0.29, 0.717) is 5.69 Å². The van der Waals surface area contributed by atoms with Crippen LogP contribution in [-0.2, 0) is 23.5 Å². The molecule has 0 saturated carbocycles. The molecule has 4 rings (SSSR count). The van der Waals surface area contributed by atoms with Gasteiger partial charge >= 0.3 is 0 Å². The lowest BCUT2D eigenvalue weighted by Crippen LogP contribution is -3.13. The number of aromatic nitrogens is 2. The Morgan fingerprint density at radius 3 is 2.57 bits per heavy atom. The number of halogens is 1. The van der Waals surface area contributed by atoms with Gasteiger partial charge < -0.3 is 9.47 Å². The molecule has 2 heterocycles. The first kappa shape index (κ1) is 20.8. The van der Waals surface area contributed by atoms with Crippen LogP contribution in [0.25, 0.3) is 11.0 Å². The maximum atomic E-state index is 13.1. The minimum atomic E-state index is -3.79. The molecule has 160 valence electrons. The van der Waals surface area contributed by atoms with Crippen LogP contribution >= 0.6 is 0 Å². The number of nitrogens with zero attached hydrogens (tertiary/aromatic N) is 2. The van der Waals surface area contributed by atoms with Crippen LogP contribution in [0.1, 0.15) is 25.6 Å². The average Bonchev–Trinajstić information content (AvgIpc) is 3.02. The molecule has 0 spiro atoms. The molecule has 0 radical (unpaired) electrons. The molecule has 2 aromatic carbocycles. The monoisotopic (exact) mass is 431 g/mol. The van der Waals surface area contributed by atoms with Gasteiger partial charge in [-0.3, -0.25) is 4.72 Å². The third-order valence-corrected chi connectivity index (χ3v) is 7.43. The van der Waals surface area contributed by atoms with Crippen molar-refractivity contribution in [3.05, 3.63) is 54.1 Å². The number of benzene rings is 2. The van der Waals surface area contributed by atoms with E-state index < -0.39 is 15.8 Å². The maximum Gasteiger partial charge on any atom is 0.261 e. The number of likely N-dealkylation sites (tertiary alicyclic amines) is 1. The Morgan fingerprint density at radius 1 is 1.17 bits per heavy atom. The summed E-state index contributed by atoms with van der Waals surface area (Å²) in [5, 5.41) is 0. The van der Waals surface area contributed by atoms with E-state index in [0.717, 1.165) is 47.9 Å². The van der Waals surface area contributed by atoms with E-state index in [4.69, 9.17) is 4.98 Å². The summed E-state index contributed by atoms with van der Waals surface area (Å²) in [6, 6.07) is 10.1. The first-order valence-electron chi connectivity index (χ1n) is 10.4. The molecule has 1 fully saturated rings. The van der Waals surface area contributed by atoms with E-state index in [2.05, 4.69) is 16.2 Å². The van der Waals surface area contributed by atoms with Crippen LogP contribution < -0.4 is 9.62 Å². The van der Waals surface area contributed by atoms with Crippen LogP contribution in [-0.4, -0.2) is 37.6 Å². The standard InChI is InChI=1S/C22H27FN4O2S/c1-16-9-12-27(13-10-16)14-11-22-24-20-15-18(5-8-21(20)26(22)2)25-30(28,29)19-6-3-17(23)4-7-19/h3-8,15-16,25H,9-14H2,1-2H3/p+1. The number of rotatable bonds is 6. The van der Waals surface area contributed by atoms with Crippen LogP contribution in [0.4, 0.5) is 10.1 Å². The Kier molecular flexibility index (Phi) is 5.79. The minimum Gasteiger partial charge on any atom is -0.335 e. The molecule has 0 unspecified atom stereocenters. The number of piperidine rings is 1. The Labute approximate surface area is 176 Å². The van der Waals surface area contributed by atoms with Crippen molar-refractivity contribution in [2.75, 3.05) is 24.4 Å². The highest BCUT2D eigenvalue weighted by molar-refractivity contribution is 7.92. The summed E-state index contributed by atoms with van der Waals surface area (Å²) < 4.78 is 42.8. The number of quaternary nitrogens is 1. The molecule has 0 aliphatic carbocycles. The van der Waals surface area contributed by atoms with Crippen LogP contribution in [0.15, 0.2) is 47.4 Å². The van der Waals surface area contributed by atoms with Crippen molar-refractivity contribution in [3.63, 3.8) is 0 Å². The van der Waals surface area contributed by atoms with Crippen molar-refractivity contribution in [2.45, 2.75) is 31.1 Å². The topological polar surface area (TPSA) is 68.4 Å². The predicted molar refractivity (Wildman–Crippen MR) is 116 cm³/mol. The molecule has 1 aliphatic rings. The van der Waals surface area contributed by atoms with Crippen molar-refractivity contribution >= 4 is 26.7 Å². The van der Waals surface area contributed by atoms with Crippen LogP contribution in [0.5, 0.6) is 0 Å². The number of imidazole rings is 1. The molecule has 0 amide bonds. The van der Waals surface area contributed by atoms with Gasteiger partial charge in [-0.05, 0) is 61.2 Å². The summed E-state index contributed by atoms with van der Waals surface area (Å²) in [6.07, 6.45) is 3.47. The quantitative estimate of drug-likeness (QED) is 0.630. The van der Waals surface area contributed by atoms with E-state index in [9.17, 15) is 12.8 Å². The smallest absolute Gasteiger partial charge is 0.261 e. The van der Waals surface area contributed by atoms with Gasteiger partial charge in [-0.25, -0.2) is 17.8 Å². The van der Waals surface area contributed by atoms with Gasteiger partial charge in [-0.1, -0.05) is 6.92 Å². The molecule has 1 aromatic heterocycles. The molecule has 0 bridgehead atoms. The van der Waals surface area contributed by atoms with Gasteiger partial charge in [0.05, 0.1) is 47.7 Å². The fourth-order valence-electron chi connectivity index (χ4n) is 4.07. The highest BCUT2D eigenvalue weighted by atomic mass is 32.2. The lowest BCUT2D eigenvalue weighted by Gasteiger charge is -2.27. The van der Waals surface area contributed by atoms with Crippen molar-refractivity contribution in [1.29, 1.82) is 0 Å². The summed E-state index contributed by atoms with van der Waals surface area (Å²) in [7, 11) is -1.79. The van der Waals surface area contributed by atoms with E-state index in [1.807, 2.05) is 13.1 Å². The molecule has 6 nitrogen and oxygen atoms in total. The van der Waals surface area contributed by atoms with Gasteiger partial charge in [0.25, 0.3) is 10.0 Å². The minimum absolute atomic E-state index is 0.0181. The van der Waals surface area contributed by atoms with Gasteiger partial charge in [-0.2, -0.15) is 0 Å². The van der Waals surface area contributed by atoms with Gasteiger partial charge in [0.1, 0.15) is 11.6 Å². The third kappa shape index (κ3) is 4.49. The van der Waals surface area contributed by atoms with E-state index in [1.54, 1.807) is 17.0 Å². The van der Waals surface area contributed by atoms with Crippen molar-refractivity contribution in [1.82, 2.24) is 9.55 Å². The Morgan fingerprint density at radius 2 is 1.87 bits per heavy atom. The van der Waals surface area contributed by atoms with E-state index >= 15 is 0 Å². The molecular weight excluding hydrogens is 403 g/mol. The summed E-state index contributed by atoms with van der Waals surface area (Å²) in [4.78, 5) is 6.40. The average molecular weight is 432 g/mol. The highest BCUT2D eigenvalue weighted by Gasteiger charge is 2.20. The number of hydrogen-bond acceptors (Lipinski definition) is 3. The van der Waals surface area contributed by atoms with Crippen LogP contribution in [0.2, 0.25) is 0 Å². The third-order valence-electron chi connectivity index (χ3n) is 6.03.